The molecule has 136 valence electrons. The Hall–Kier alpha value is -1.68. The van der Waals surface area contributed by atoms with Crippen LogP contribution in [-0.4, -0.2) is 9.55 Å². The number of allylic oxidation sites excluding steroid dienone is 1. The average Bonchev–Trinajstić information content (AvgIpc) is 2.92. The van der Waals surface area contributed by atoms with Gasteiger partial charge in [0.15, 0.2) is 5.75 Å². The lowest BCUT2D eigenvalue weighted by atomic mass is 9.95. The van der Waals surface area contributed by atoms with Crippen molar-refractivity contribution in [1.82, 2.24) is 9.55 Å². The minimum atomic E-state index is 0.207. The zero-order valence-electron chi connectivity index (χ0n) is 14.8. The standard InChI is InChI=1S/C20H19Cl3N2O/c1-5-12(6-2)14-7-8-15(22)17-18(14)25(4)20(24-17)26-19-11(3)9-13(21)10-16(19)23/h5,7-10,12H,1,6H2,2-4H3. The molecular formula is C20H19Cl3N2O. The van der Waals surface area contributed by atoms with Crippen molar-refractivity contribution in [2.24, 2.45) is 7.05 Å². The van der Waals surface area contributed by atoms with Crippen molar-refractivity contribution in [3.8, 4) is 11.8 Å². The number of fused-ring (bicyclic) bond motifs is 1. The predicted octanol–water partition coefficient (Wildman–Crippen LogP) is 7.31. The smallest absolute Gasteiger partial charge is 0.302 e. The van der Waals surface area contributed by atoms with E-state index in [1.54, 1.807) is 12.1 Å². The largest absolute Gasteiger partial charge is 0.424 e. The molecule has 1 heterocycles. The first-order valence-corrected chi connectivity index (χ1v) is 9.41. The van der Waals surface area contributed by atoms with E-state index in [4.69, 9.17) is 39.5 Å². The van der Waals surface area contributed by atoms with Crippen LogP contribution in [0.3, 0.4) is 0 Å². The van der Waals surface area contributed by atoms with E-state index in [0.717, 1.165) is 23.1 Å². The lowest BCUT2D eigenvalue weighted by Gasteiger charge is -2.14. The molecule has 0 saturated carbocycles. The van der Waals surface area contributed by atoms with Gasteiger partial charge in [0.05, 0.1) is 15.6 Å². The highest BCUT2D eigenvalue weighted by molar-refractivity contribution is 6.36. The van der Waals surface area contributed by atoms with E-state index in [2.05, 4.69) is 18.5 Å². The van der Waals surface area contributed by atoms with Crippen molar-refractivity contribution < 1.29 is 4.74 Å². The van der Waals surface area contributed by atoms with Gasteiger partial charge in [-0.05, 0) is 42.7 Å². The van der Waals surface area contributed by atoms with Gasteiger partial charge in [0.2, 0.25) is 0 Å². The van der Waals surface area contributed by atoms with Gasteiger partial charge >= 0.3 is 6.01 Å². The number of hydrogen-bond acceptors (Lipinski definition) is 2. The Bertz CT molecular complexity index is 971. The molecule has 1 aromatic heterocycles. The van der Waals surface area contributed by atoms with E-state index in [-0.39, 0.29) is 5.92 Å². The van der Waals surface area contributed by atoms with Gasteiger partial charge in [-0.2, -0.15) is 4.98 Å². The Morgan fingerprint density at radius 2 is 1.96 bits per heavy atom. The summed E-state index contributed by atoms with van der Waals surface area (Å²) in [5.41, 5.74) is 3.58. The second kappa shape index (κ2) is 7.51. The van der Waals surface area contributed by atoms with Crippen LogP contribution in [0.5, 0.6) is 11.8 Å². The summed E-state index contributed by atoms with van der Waals surface area (Å²) in [6, 6.07) is 7.75. The molecule has 0 N–H and O–H groups in total. The van der Waals surface area contributed by atoms with E-state index in [9.17, 15) is 0 Å². The summed E-state index contributed by atoms with van der Waals surface area (Å²) >= 11 is 18.7. The summed E-state index contributed by atoms with van der Waals surface area (Å²) in [5.74, 6) is 0.738. The van der Waals surface area contributed by atoms with Crippen LogP contribution in [0.2, 0.25) is 15.1 Å². The SMILES string of the molecule is C=CC(CC)c1ccc(Cl)c2nc(Oc3c(C)cc(Cl)cc3Cl)n(C)c12. The second-order valence-electron chi connectivity index (χ2n) is 6.17. The topological polar surface area (TPSA) is 27.1 Å². The molecule has 0 fully saturated rings. The maximum Gasteiger partial charge on any atom is 0.302 e. The van der Waals surface area contributed by atoms with Gasteiger partial charge in [-0.25, -0.2) is 0 Å². The van der Waals surface area contributed by atoms with Crippen LogP contribution in [0.25, 0.3) is 11.0 Å². The quantitative estimate of drug-likeness (QED) is 0.413. The van der Waals surface area contributed by atoms with Gasteiger partial charge in [0.25, 0.3) is 0 Å². The number of imidazole rings is 1. The summed E-state index contributed by atoms with van der Waals surface area (Å²) < 4.78 is 7.94. The third kappa shape index (κ3) is 3.32. The lowest BCUT2D eigenvalue weighted by molar-refractivity contribution is 0.425. The van der Waals surface area contributed by atoms with E-state index in [1.807, 2.05) is 36.7 Å². The molecule has 0 bridgehead atoms. The van der Waals surface area contributed by atoms with Crippen LogP contribution >= 0.6 is 34.8 Å². The third-order valence-electron chi connectivity index (χ3n) is 4.47. The molecular weight excluding hydrogens is 391 g/mol. The third-order valence-corrected chi connectivity index (χ3v) is 5.28. The van der Waals surface area contributed by atoms with Gasteiger partial charge in [-0.1, -0.05) is 53.9 Å². The van der Waals surface area contributed by atoms with E-state index in [0.29, 0.717) is 32.3 Å². The van der Waals surface area contributed by atoms with Gasteiger partial charge in [-0.3, -0.25) is 4.57 Å². The number of aryl methyl sites for hydroxylation is 2. The number of hydrogen-bond donors (Lipinski definition) is 0. The summed E-state index contributed by atoms with van der Waals surface area (Å²) in [5, 5.41) is 1.57. The predicted molar refractivity (Wildman–Crippen MR) is 110 cm³/mol. The molecule has 2 aromatic carbocycles. The molecule has 1 unspecified atom stereocenters. The van der Waals surface area contributed by atoms with Crippen LogP contribution in [0.1, 0.15) is 30.4 Å². The highest BCUT2D eigenvalue weighted by Crippen LogP contribution is 2.38. The fourth-order valence-electron chi connectivity index (χ4n) is 3.11. The monoisotopic (exact) mass is 408 g/mol. The summed E-state index contributed by atoms with van der Waals surface area (Å²) in [7, 11) is 1.90. The molecule has 26 heavy (non-hydrogen) atoms. The van der Waals surface area contributed by atoms with E-state index >= 15 is 0 Å². The summed E-state index contributed by atoms with van der Waals surface area (Å²) in [6.45, 7) is 7.96. The summed E-state index contributed by atoms with van der Waals surface area (Å²) in [6.07, 6.45) is 2.88. The van der Waals surface area contributed by atoms with E-state index < -0.39 is 0 Å². The Labute approximate surface area is 168 Å². The molecule has 0 aliphatic carbocycles. The van der Waals surface area contributed by atoms with Crippen molar-refractivity contribution in [3.63, 3.8) is 0 Å². The van der Waals surface area contributed by atoms with Crippen molar-refractivity contribution in [2.45, 2.75) is 26.2 Å². The first kappa shape index (κ1) is 19.1. The van der Waals surface area contributed by atoms with E-state index in [1.165, 1.54) is 0 Å². The molecule has 0 spiro atoms. The first-order valence-electron chi connectivity index (χ1n) is 8.28. The lowest BCUT2D eigenvalue weighted by Crippen LogP contribution is -2.00. The van der Waals surface area contributed by atoms with Crippen molar-refractivity contribution in [2.75, 3.05) is 0 Å². The Balaban J connectivity index is 2.17. The molecule has 3 rings (SSSR count). The first-order chi connectivity index (χ1) is 12.4. The molecule has 0 radical (unpaired) electrons. The van der Waals surface area contributed by atoms with Crippen LogP contribution in [0.4, 0.5) is 0 Å². The van der Waals surface area contributed by atoms with Crippen LogP contribution in [-0.2, 0) is 7.05 Å². The summed E-state index contributed by atoms with van der Waals surface area (Å²) in [4.78, 5) is 4.61. The molecule has 0 saturated heterocycles. The van der Waals surface area contributed by atoms with Crippen LogP contribution in [0, 0.1) is 6.92 Å². The van der Waals surface area contributed by atoms with Gasteiger partial charge < -0.3 is 4.74 Å². The van der Waals surface area contributed by atoms with Crippen molar-refractivity contribution >= 4 is 45.8 Å². The number of rotatable bonds is 5. The number of ether oxygens (including phenoxy) is 1. The van der Waals surface area contributed by atoms with Gasteiger partial charge in [0, 0.05) is 18.0 Å². The highest BCUT2D eigenvalue weighted by Gasteiger charge is 2.20. The van der Waals surface area contributed by atoms with Crippen LogP contribution < -0.4 is 4.74 Å². The van der Waals surface area contributed by atoms with Crippen LogP contribution in [0.15, 0.2) is 36.9 Å². The maximum atomic E-state index is 6.39. The fraction of sp³-hybridized carbons (Fsp3) is 0.250. The van der Waals surface area contributed by atoms with Gasteiger partial charge in [0.1, 0.15) is 5.52 Å². The zero-order chi connectivity index (χ0) is 19.0. The Kier molecular flexibility index (Phi) is 5.52. The molecule has 6 heteroatoms. The number of nitrogens with zero attached hydrogens (tertiary/aromatic N) is 2. The van der Waals surface area contributed by atoms with Gasteiger partial charge in [-0.15, -0.1) is 6.58 Å². The number of halogens is 3. The molecule has 3 nitrogen and oxygen atoms in total. The maximum absolute atomic E-state index is 6.39. The minimum absolute atomic E-state index is 0.207. The average molecular weight is 410 g/mol. The molecule has 3 aromatic rings. The zero-order valence-corrected chi connectivity index (χ0v) is 17.1. The minimum Gasteiger partial charge on any atom is -0.424 e. The van der Waals surface area contributed by atoms with Crippen molar-refractivity contribution in [1.29, 1.82) is 0 Å². The number of aromatic nitrogens is 2. The fourth-order valence-corrected chi connectivity index (χ4v) is 3.94. The molecule has 0 aliphatic rings. The Morgan fingerprint density at radius 3 is 2.58 bits per heavy atom. The second-order valence-corrected chi connectivity index (χ2v) is 7.42. The van der Waals surface area contributed by atoms with Crippen molar-refractivity contribution in [3.05, 3.63) is 63.1 Å². The highest BCUT2D eigenvalue weighted by atomic mass is 35.5. The Morgan fingerprint density at radius 1 is 1.23 bits per heavy atom. The number of benzene rings is 2. The molecule has 0 amide bonds. The molecule has 0 aliphatic heterocycles. The molecule has 1 atom stereocenters. The normalized spacial score (nSPS) is 12.4.